The summed E-state index contributed by atoms with van der Waals surface area (Å²) in [7, 11) is 0. The quantitative estimate of drug-likeness (QED) is 0.780. The number of ether oxygens (including phenoxy) is 1. The van der Waals surface area contributed by atoms with Crippen LogP contribution in [0.1, 0.15) is 11.7 Å². The lowest BCUT2D eigenvalue weighted by Crippen LogP contribution is -2.18. The summed E-state index contributed by atoms with van der Waals surface area (Å²) in [5.74, 6) is -0.423. The van der Waals surface area contributed by atoms with E-state index >= 15 is 0 Å². The van der Waals surface area contributed by atoms with Crippen LogP contribution in [0.2, 0.25) is 5.02 Å². The Morgan fingerprint density at radius 3 is 2.53 bits per heavy atom. The molecule has 0 amide bonds. The maximum atomic E-state index is 10.8. The zero-order valence-electron chi connectivity index (χ0n) is 7.76. The molecular formula is C11H9ClO3. The van der Waals surface area contributed by atoms with E-state index in [1.807, 2.05) is 0 Å². The van der Waals surface area contributed by atoms with Crippen molar-refractivity contribution in [3.63, 3.8) is 0 Å². The van der Waals surface area contributed by atoms with E-state index in [1.165, 1.54) is 6.08 Å². The molecule has 2 atom stereocenters. The lowest BCUT2D eigenvalue weighted by atomic mass is 10.0. The number of hydrogen-bond acceptors (Lipinski definition) is 3. The molecule has 0 radical (unpaired) electrons. The molecule has 0 aromatic heterocycles. The zero-order valence-corrected chi connectivity index (χ0v) is 8.52. The molecule has 0 spiro atoms. The lowest BCUT2D eigenvalue weighted by Gasteiger charge is -2.16. The summed E-state index contributed by atoms with van der Waals surface area (Å²) in [4.78, 5) is 10.8. The van der Waals surface area contributed by atoms with Gasteiger partial charge in [-0.25, -0.2) is 4.79 Å². The molecule has 0 bridgehead atoms. The first-order chi connectivity index (χ1) is 7.16. The van der Waals surface area contributed by atoms with Gasteiger partial charge < -0.3 is 9.84 Å². The molecule has 4 heteroatoms. The van der Waals surface area contributed by atoms with Crippen molar-refractivity contribution in [2.24, 2.45) is 0 Å². The maximum Gasteiger partial charge on any atom is 0.331 e. The summed E-state index contributed by atoms with van der Waals surface area (Å²) in [6, 6.07) is 6.77. The number of halogens is 1. The summed E-state index contributed by atoms with van der Waals surface area (Å²) in [5, 5.41) is 10.5. The van der Waals surface area contributed by atoms with E-state index in [2.05, 4.69) is 0 Å². The predicted molar refractivity (Wildman–Crippen MR) is 55.4 cm³/mol. The van der Waals surface area contributed by atoms with Gasteiger partial charge in [0.2, 0.25) is 0 Å². The molecule has 0 aliphatic carbocycles. The molecule has 0 saturated carbocycles. The van der Waals surface area contributed by atoms with Gasteiger partial charge >= 0.3 is 5.97 Å². The number of carbonyl (C=O) groups is 1. The topological polar surface area (TPSA) is 46.5 Å². The van der Waals surface area contributed by atoms with Crippen molar-refractivity contribution in [3.8, 4) is 0 Å². The number of hydrogen-bond donors (Lipinski definition) is 1. The van der Waals surface area contributed by atoms with Gasteiger partial charge in [0, 0.05) is 11.1 Å². The minimum absolute atomic E-state index is 0.423. The summed E-state index contributed by atoms with van der Waals surface area (Å²) < 4.78 is 4.87. The number of esters is 1. The molecule has 3 nitrogen and oxygen atoms in total. The SMILES string of the molecule is O=C1C=C[C@H]([C@H](O)c2ccc(Cl)cc2)O1. The van der Waals surface area contributed by atoms with Crippen LogP contribution in [0, 0.1) is 0 Å². The average molecular weight is 225 g/mol. The van der Waals surface area contributed by atoms with Gasteiger partial charge in [0.1, 0.15) is 6.10 Å². The molecule has 1 aromatic rings. The van der Waals surface area contributed by atoms with Gasteiger partial charge in [-0.15, -0.1) is 0 Å². The van der Waals surface area contributed by atoms with Crippen LogP contribution in [0.15, 0.2) is 36.4 Å². The maximum absolute atomic E-state index is 10.8. The molecule has 0 fully saturated rings. The third-order valence-electron chi connectivity index (χ3n) is 2.20. The van der Waals surface area contributed by atoms with Crippen LogP contribution < -0.4 is 0 Å². The van der Waals surface area contributed by atoms with Crippen LogP contribution in [0.3, 0.4) is 0 Å². The minimum atomic E-state index is -0.843. The van der Waals surface area contributed by atoms with Gasteiger partial charge in [-0.1, -0.05) is 23.7 Å². The van der Waals surface area contributed by atoms with Crippen molar-refractivity contribution in [1.82, 2.24) is 0 Å². The van der Waals surface area contributed by atoms with Crippen molar-refractivity contribution in [2.75, 3.05) is 0 Å². The Morgan fingerprint density at radius 2 is 2.00 bits per heavy atom. The van der Waals surface area contributed by atoms with Crippen molar-refractivity contribution in [2.45, 2.75) is 12.2 Å². The first kappa shape index (κ1) is 10.2. The van der Waals surface area contributed by atoms with Crippen molar-refractivity contribution < 1.29 is 14.6 Å². The summed E-state index contributed by atoms with van der Waals surface area (Å²) in [5.41, 5.74) is 0.670. The third kappa shape index (κ3) is 2.19. The number of aliphatic hydroxyl groups is 1. The second-order valence-electron chi connectivity index (χ2n) is 3.26. The second kappa shape index (κ2) is 4.04. The summed E-state index contributed by atoms with van der Waals surface area (Å²) in [6.07, 6.45) is 1.41. The van der Waals surface area contributed by atoms with E-state index in [4.69, 9.17) is 16.3 Å². The molecule has 0 unspecified atom stereocenters. The van der Waals surface area contributed by atoms with Crippen molar-refractivity contribution >= 4 is 17.6 Å². The fraction of sp³-hybridized carbons (Fsp3) is 0.182. The zero-order chi connectivity index (χ0) is 10.8. The Morgan fingerprint density at radius 1 is 1.33 bits per heavy atom. The van der Waals surface area contributed by atoms with Crippen molar-refractivity contribution in [3.05, 3.63) is 47.0 Å². The fourth-order valence-corrected chi connectivity index (χ4v) is 1.53. The van der Waals surface area contributed by atoms with Crippen LogP contribution >= 0.6 is 11.6 Å². The highest BCUT2D eigenvalue weighted by molar-refractivity contribution is 6.30. The third-order valence-corrected chi connectivity index (χ3v) is 2.45. The Hall–Kier alpha value is -1.32. The highest BCUT2D eigenvalue weighted by atomic mass is 35.5. The monoisotopic (exact) mass is 224 g/mol. The van der Waals surface area contributed by atoms with Crippen LogP contribution in [0.5, 0.6) is 0 Å². The number of cyclic esters (lactones) is 1. The Balaban J connectivity index is 2.14. The Kier molecular flexibility index (Phi) is 2.75. The molecule has 1 aliphatic heterocycles. The molecule has 1 N–H and O–H groups in total. The first-order valence-electron chi connectivity index (χ1n) is 4.49. The fourth-order valence-electron chi connectivity index (χ4n) is 1.41. The van der Waals surface area contributed by atoms with Crippen LogP contribution in [-0.2, 0) is 9.53 Å². The van der Waals surface area contributed by atoms with Gasteiger partial charge in [0.05, 0.1) is 0 Å². The second-order valence-corrected chi connectivity index (χ2v) is 3.69. The molecule has 78 valence electrons. The first-order valence-corrected chi connectivity index (χ1v) is 4.87. The minimum Gasteiger partial charge on any atom is -0.452 e. The number of carbonyl (C=O) groups excluding carboxylic acids is 1. The van der Waals surface area contributed by atoms with E-state index in [0.29, 0.717) is 10.6 Å². The lowest BCUT2D eigenvalue weighted by molar-refractivity contribution is -0.142. The van der Waals surface area contributed by atoms with E-state index in [-0.39, 0.29) is 0 Å². The molecule has 1 heterocycles. The van der Waals surface area contributed by atoms with E-state index in [9.17, 15) is 9.90 Å². The van der Waals surface area contributed by atoms with Gasteiger partial charge in [0.15, 0.2) is 6.10 Å². The van der Waals surface area contributed by atoms with Crippen LogP contribution in [0.4, 0.5) is 0 Å². The van der Waals surface area contributed by atoms with Crippen LogP contribution in [0.25, 0.3) is 0 Å². The molecule has 1 aromatic carbocycles. The molecule has 1 aliphatic rings. The van der Waals surface area contributed by atoms with Gasteiger partial charge in [-0.2, -0.15) is 0 Å². The van der Waals surface area contributed by atoms with E-state index in [0.717, 1.165) is 0 Å². The molecule has 15 heavy (non-hydrogen) atoms. The summed E-state index contributed by atoms with van der Waals surface area (Å²) >= 11 is 5.72. The molecular weight excluding hydrogens is 216 g/mol. The number of aliphatic hydroxyl groups excluding tert-OH is 1. The Bertz CT molecular complexity index is 397. The standard InChI is InChI=1S/C11H9ClO3/c12-8-3-1-7(2-4-8)11(14)9-5-6-10(13)15-9/h1-6,9,11,14H/t9-,11-/m1/s1. The molecule has 0 saturated heterocycles. The predicted octanol–water partition coefficient (Wildman–Crippen LogP) is 1.85. The van der Waals surface area contributed by atoms with Crippen molar-refractivity contribution in [1.29, 1.82) is 0 Å². The smallest absolute Gasteiger partial charge is 0.331 e. The highest BCUT2D eigenvalue weighted by Gasteiger charge is 2.25. The number of rotatable bonds is 2. The van der Waals surface area contributed by atoms with Gasteiger partial charge in [0.25, 0.3) is 0 Å². The highest BCUT2D eigenvalue weighted by Crippen LogP contribution is 2.24. The normalized spacial score (nSPS) is 21.5. The van der Waals surface area contributed by atoms with Crippen LogP contribution in [-0.4, -0.2) is 17.2 Å². The Labute approximate surface area is 91.9 Å². The van der Waals surface area contributed by atoms with E-state index < -0.39 is 18.2 Å². The summed E-state index contributed by atoms with van der Waals surface area (Å²) in [6.45, 7) is 0. The largest absolute Gasteiger partial charge is 0.452 e. The molecule has 2 rings (SSSR count). The average Bonchev–Trinajstić information content (AvgIpc) is 2.65. The van der Waals surface area contributed by atoms with Gasteiger partial charge in [-0.3, -0.25) is 0 Å². The number of benzene rings is 1. The van der Waals surface area contributed by atoms with E-state index in [1.54, 1.807) is 30.3 Å². The van der Waals surface area contributed by atoms with Gasteiger partial charge in [-0.05, 0) is 23.8 Å².